The van der Waals surface area contributed by atoms with E-state index in [1.165, 1.54) is 21.9 Å². The van der Waals surface area contributed by atoms with E-state index in [1.54, 1.807) is 6.92 Å². The number of allylic oxidation sites excluding steroid dienone is 2. The van der Waals surface area contributed by atoms with Crippen LogP contribution >= 0.6 is 0 Å². The van der Waals surface area contributed by atoms with Gasteiger partial charge < -0.3 is 10.1 Å². The Kier molecular flexibility index (Phi) is 5.18. The first kappa shape index (κ1) is 20.7. The average Bonchev–Trinajstić information content (AvgIpc) is 3.37. The average molecular weight is 446 g/mol. The molecule has 4 aromatic rings. The minimum absolute atomic E-state index is 0.114. The molecule has 0 bridgehead atoms. The SMILES string of the molecule is CC(=O)c1ccc2c(c1)[C@@H]1C=CC[C@@H]1[C@H](c1ccc(OCc3ccc4ccccc4c3)cc1)N2. The zero-order valence-electron chi connectivity index (χ0n) is 19.2. The molecule has 1 heterocycles. The van der Waals surface area contributed by atoms with Crippen LogP contribution in [0.4, 0.5) is 5.69 Å². The van der Waals surface area contributed by atoms with E-state index in [0.29, 0.717) is 18.4 Å². The minimum atomic E-state index is 0.114. The van der Waals surface area contributed by atoms with E-state index in [1.807, 2.05) is 6.07 Å². The number of ketones is 1. The van der Waals surface area contributed by atoms with Crippen LogP contribution < -0.4 is 10.1 Å². The lowest BCUT2D eigenvalue weighted by Crippen LogP contribution is -2.29. The smallest absolute Gasteiger partial charge is 0.159 e. The maximum absolute atomic E-state index is 11.9. The summed E-state index contributed by atoms with van der Waals surface area (Å²) in [5, 5.41) is 6.23. The number of benzene rings is 4. The standard InChI is InChI=1S/C31H27NO2/c1-20(33)24-13-16-30-29(18-24)27-7-4-8-28(27)31(32-30)23-11-14-26(15-12-23)34-19-21-9-10-22-5-2-3-6-25(22)17-21/h2-7,9-18,27-28,31-32H,8,19H2,1H3/t27-,28+,31+/m1/s1. The number of ether oxygens (including phenoxy) is 1. The lowest BCUT2D eigenvalue weighted by Gasteiger charge is -2.37. The molecule has 3 heteroatoms. The van der Waals surface area contributed by atoms with Gasteiger partial charge in [-0.05, 0) is 83.1 Å². The number of carbonyl (C=O) groups excluding carboxylic acids is 1. The van der Waals surface area contributed by atoms with Crippen LogP contribution in [0.1, 0.15) is 52.4 Å². The molecule has 3 atom stereocenters. The van der Waals surface area contributed by atoms with Gasteiger partial charge >= 0.3 is 0 Å². The number of fused-ring (bicyclic) bond motifs is 4. The monoisotopic (exact) mass is 445 g/mol. The first-order valence-corrected chi connectivity index (χ1v) is 11.9. The molecule has 1 N–H and O–H groups in total. The van der Waals surface area contributed by atoms with Crippen molar-refractivity contribution in [1.82, 2.24) is 0 Å². The summed E-state index contributed by atoms with van der Waals surface area (Å²) < 4.78 is 6.10. The molecule has 168 valence electrons. The van der Waals surface area contributed by atoms with Gasteiger partial charge in [-0.15, -0.1) is 0 Å². The van der Waals surface area contributed by atoms with Gasteiger partial charge in [0.05, 0.1) is 6.04 Å². The van der Waals surface area contributed by atoms with Gasteiger partial charge in [0, 0.05) is 17.2 Å². The van der Waals surface area contributed by atoms with Gasteiger partial charge in [-0.25, -0.2) is 0 Å². The van der Waals surface area contributed by atoms with Crippen LogP contribution in [0.15, 0.2) is 97.1 Å². The highest BCUT2D eigenvalue weighted by atomic mass is 16.5. The van der Waals surface area contributed by atoms with Crippen molar-refractivity contribution in [3.63, 3.8) is 0 Å². The summed E-state index contributed by atoms with van der Waals surface area (Å²) in [6.45, 7) is 2.18. The van der Waals surface area contributed by atoms with Crippen LogP contribution in [0.2, 0.25) is 0 Å². The fourth-order valence-corrected chi connectivity index (χ4v) is 5.41. The maximum atomic E-state index is 11.9. The predicted molar refractivity (Wildman–Crippen MR) is 138 cm³/mol. The number of carbonyl (C=O) groups is 1. The Hall–Kier alpha value is -3.85. The van der Waals surface area contributed by atoms with Crippen molar-refractivity contribution < 1.29 is 9.53 Å². The fourth-order valence-electron chi connectivity index (χ4n) is 5.41. The molecule has 0 saturated carbocycles. The van der Waals surface area contributed by atoms with Gasteiger partial charge in [-0.1, -0.05) is 60.7 Å². The number of hydrogen-bond donors (Lipinski definition) is 1. The number of anilines is 1. The highest BCUT2D eigenvalue weighted by Gasteiger charge is 2.38. The summed E-state index contributed by atoms with van der Waals surface area (Å²) in [6, 6.07) is 29.6. The summed E-state index contributed by atoms with van der Waals surface area (Å²) in [7, 11) is 0. The van der Waals surface area contributed by atoms with Crippen molar-refractivity contribution in [1.29, 1.82) is 0 Å². The molecule has 3 nitrogen and oxygen atoms in total. The topological polar surface area (TPSA) is 38.3 Å². The summed E-state index contributed by atoms with van der Waals surface area (Å²) in [5.74, 6) is 1.77. The molecule has 1 aliphatic heterocycles. The largest absolute Gasteiger partial charge is 0.489 e. The van der Waals surface area contributed by atoms with Crippen molar-refractivity contribution in [3.05, 3.63) is 119 Å². The second kappa shape index (κ2) is 8.49. The van der Waals surface area contributed by atoms with E-state index in [-0.39, 0.29) is 11.8 Å². The van der Waals surface area contributed by atoms with E-state index in [9.17, 15) is 4.79 Å². The van der Waals surface area contributed by atoms with Crippen LogP contribution in [-0.4, -0.2) is 5.78 Å². The summed E-state index contributed by atoms with van der Waals surface area (Å²) >= 11 is 0. The molecule has 0 radical (unpaired) electrons. The summed E-state index contributed by atoms with van der Waals surface area (Å²) in [6.07, 6.45) is 5.62. The van der Waals surface area contributed by atoms with Crippen molar-refractivity contribution in [3.8, 4) is 5.75 Å². The van der Waals surface area contributed by atoms with E-state index in [4.69, 9.17) is 4.74 Å². The molecule has 0 amide bonds. The van der Waals surface area contributed by atoms with E-state index in [2.05, 4.69) is 96.3 Å². The molecule has 1 aliphatic carbocycles. The Morgan fingerprint density at radius 3 is 2.59 bits per heavy atom. The molecule has 2 aliphatic rings. The predicted octanol–water partition coefficient (Wildman–Crippen LogP) is 7.45. The first-order valence-electron chi connectivity index (χ1n) is 11.9. The third-order valence-corrected chi connectivity index (χ3v) is 7.23. The highest BCUT2D eigenvalue weighted by molar-refractivity contribution is 5.95. The van der Waals surface area contributed by atoms with Crippen molar-refractivity contribution >= 4 is 22.2 Å². The van der Waals surface area contributed by atoms with Gasteiger partial charge in [-0.2, -0.15) is 0 Å². The molecular weight excluding hydrogens is 418 g/mol. The molecule has 0 aromatic heterocycles. The Balaban J connectivity index is 1.19. The van der Waals surface area contributed by atoms with Crippen LogP contribution in [-0.2, 0) is 6.61 Å². The molecule has 0 spiro atoms. The highest BCUT2D eigenvalue weighted by Crippen LogP contribution is 2.50. The Labute approximate surface area is 200 Å². The van der Waals surface area contributed by atoms with E-state index < -0.39 is 0 Å². The van der Waals surface area contributed by atoms with Gasteiger partial charge in [-0.3, -0.25) is 4.79 Å². The molecular formula is C31H27NO2. The normalized spacial score (nSPS) is 20.4. The fraction of sp³-hybridized carbons (Fsp3) is 0.194. The van der Waals surface area contributed by atoms with E-state index >= 15 is 0 Å². The van der Waals surface area contributed by atoms with Crippen LogP contribution in [0.25, 0.3) is 10.8 Å². The zero-order chi connectivity index (χ0) is 23.1. The second-order valence-electron chi connectivity index (χ2n) is 9.37. The molecule has 0 fully saturated rings. The lowest BCUT2D eigenvalue weighted by molar-refractivity contribution is 0.101. The maximum Gasteiger partial charge on any atom is 0.159 e. The Bertz CT molecular complexity index is 1400. The van der Waals surface area contributed by atoms with Gasteiger partial charge in [0.25, 0.3) is 0 Å². The first-order chi connectivity index (χ1) is 16.7. The van der Waals surface area contributed by atoms with Crippen molar-refractivity contribution in [2.45, 2.75) is 31.9 Å². The van der Waals surface area contributed by atoms with Crippen molar-refractivity contribution in [2.24, 2.45) is 5.92 Å². The van der Waals surface area contributed by atoms with Crippen LogP contribution in [0.3, 0.4) is 0 Å². The number of nitrogens with one attached hydrogen (secondary N) is 1. The molecule has 0 saturated heterocycles. The zero-order valence-corrected chi connectivity index (χ0v) is 19.2. The third-order valence-electron chi connectivity index (χ3n) is 7.23. The summed E-state index contributed by atoms with van der Waals surface area (Å²) in [5.41, 5.74) is 5.57. The molecule has 0 unspecified atom stereocenters. The quantitative estimate of drug-likeness (QED) is 0.256. The summed E-state index contributed by atoms with van der Waals surface area (Å²) in [4.78, 5) is 11.9. The van der Waals surface area contributed by atoms with Gasteiger partial charge in [0.2, 0.25) is 0 Å². The number of hydrogen-bond acceptors (Lipinski definition) is 3. The van der Waals surface area contributed by atoms with Crippen molar-refractivity contribution in [2.75, 3.05) is 5.32 Å². The molecule has 6 rings (SSSR count). The van der Waals surface area contributed by atoms with Crippen LogP contribution in [0, 0.1) is 5.92 Å². The molecule has 34 heavy (non-hydrogen) atoms. The second-order valence-corrected chi connectivity index (χ2v) is 9.37. The lowest BCUT2D eigenvalue weighted by atomic mass is 9.76. The van der Waals surface area contributed by atoms with Gasteiger partial charge in [0.1, 0.15) is 12.4 Å². The van der Waals surface area contributed by atoms with E-state index in [0.717, 1.165) is 29.0 Å². The minimum Gasteiger partial charge on any atom is -0.489 e. The van der Waals surface area contributed by atoms with Crippen LogP contribution in [0.5, 0.6) is 5.75 Å². The number of rotatable bonds is 5. The van der Waals surface area contributed by atoms with Gasteiger partial charge in [0.15, 0.2) is 5.78 Å². The Morgan fingerprint density at radius 1 is 0.941 bits per heavy atom. The molecule has 4 aromatic carbocycles. The number of Topliss-reactive ketones (excluding diaryl/α,β-unsaturated/α-hetero) is 1. The Morgan fingerprint density at radius 2 is 1.76 bits per heavy atom. The third kappa shape index (κ3) is 3.77.